The molecule has 3 aromatic carbocycles. The molecule has 8 nitrogen and oxygen atoms in total. The number of thioether (sulfide) groups is 1. The highest BCUT2D eigenvalue weighted by atomic mass is 32.2. The van der Waals surface area contributed by atoms with Crippen LogP contribution in [0.25, 0.3) is 10.8 Å². The molecule has 0 aliphatic carbocycles. The van der Waals surface area contributed by atoms with Gasteiger partial charge >= 0.3 is 0 Å². The van der Waals surface area contributed by atoms with E-state index in [1.165, 1.54) is 0 Å². The van der Waals surface area contributed by atoms with Gasteiger partial charge in [-0.2, -0.15) is 0 Å². The normalized spacial score (nSPS) is 26.6. The van der Waals surface area contributed by atoms with Crippen LogP contribution >= 0.6 is 11.8 Å². The molecule has 3 fully saturated rings. The third kappa shape index (κ3) is 5.33. The number of hydrogen-bond donors (Lipinski definition) is 1. The Labute approximate surface area is 281 Å². The molecule has 3 aliphatic heterocycles. The Hall–Kier alpha value is -4.08. The minimum Gasteiger partial charge on any atom is -0.494 e. The van der Waals surface area contributed by atoms with E-state index in [0.717, 1.165) is 10.8 Å². The molecule has 1 N–H and O–H groups in total. The number of fused-ring (bicyclic) bond motifs is 2. The van der Waals surface area contributed by atoms with Gasteiger partial charge in [-0.15, -0.1) is 24.9 Å². The second-order valence-corrected chi connectivity index (χ2v) is 14.8. The molecule has 3 aromatic rings. The van der Waals surface area contributed by atoms with Crippen LogP contribution in [0, 0.1) is 11.8 Å². The van der Waals surface area contributed by atoms with Crippen LogP contribution in [-0.2, 0) is 14.4 Å². The first-order valence-corrected chi connectivity index (χ1v) is 17.1. The van der Waals surface area contributed by atoms with E-state index in [-0.39, 0.29) is 37.4 Å². The van der Waals surface area contributed by atoms with E-state index in [1.54, 1.807) is 45.5 Å². The first kappa shape index (κ1) is 32.8. The molecular formula is C38H43N3O5S. The summed E-state index contributed by atoms with van der Waals surface area (Å²) in [6.07, 6.45) is 4.68. The fourth-order valence-electron chi connectivity index (χ4n) is 8.03. The van der Waals surface area contributed by atoms with E-state index in [0.29, 0.717) is 36.6 Å². The Kier molecular flexibility index (Phi) is 8.98. The second-order valence-electron chi connectivity index (χ2n) is 12.9. The van der Waals surface area contributed by atoms with Crippen molar-refractivity contribution >= 4 is 51.6 Å². The van der Waals surface area contributed by atoms with Gasteiger partial charge in [-0.1, -0.05) is 42.5 Å². The molecule has 6 atom stereocenters. The minimum atomic E-state index is -0.864. The number of benzene rings is 3. The van der Waals surface area contributed by atoms with Crippen LogP contribution in [0.15, 0.2) is 92.0 Å². The lowest BCUT2D eigenvalue weighted by Crippen LogP contribution is -2.57. The second kappa shape index (κ2) is 12.8. The van der Waals surface area contributed by atoms with Gasteiger partial charge in [0.1, 0.15) is 11.8 Å². The van der Waals surface area contributed by atoms with Crippen molar-refractivity contribution in [1.82, 2.24) is 4.90 Å². The highest BCUT2D eigenvalue weighted by Crippen LogP contribution is 2.72. The molecule has 6 rings (SSSR count). The van der Waals surface area contributed by atoms with E-state index < -0.39 is 33.4 Å². The number of ether oxygens (including phenoxy) is 1. The molecule has 3 aliphatic rings. The zero-order chi connectivity index (χ0) is 33.5. The highest BCUT2D eigenvalue weighted by Gasteiger charge is 2.78. The molecule has 1 spiro atoms. The maximum atomic E-state index is 15.0. The lowest BCUT2D eigenvalue weighted by molar-refractivity contribution is -0.142. The highest BCUT2D eigenvalue weighted by molar-refractivity contribution is 8.02. The number of nitrogens with zero attached hydrogens (tertiary/aromatic N) is 3. The standard InChI is InChI=1S/C38H43N3O5S/c1-6-21-39(28-15-17-30(18-16-28)46-8-3)34(43)31-32-35(44)41(25(4)24-42)33(38(32)20-19-37(31,5)47-38)36(45)40(22-7-2)29-14-13-26-11-9-10-12-27(26)23-29/h6-7,9-18,23,25,31-33,42H,1-2,8,19-22,24H2,3-5H3/t25-,31+,32+,33?,37-,38?/m1/s1. The largest absolute Gasteiger partial charge is 0.494 e. The van der Waals surface area contributed by atoms with Crippen molar-refractivity contribution in [2.75, 3.05) is 36.1 Å². The minimum absolute atomic E-state index is 0.161. The van der Waals surface area contributed by atoms with Gasteiger partial charge in [0.05, 0.1) is 35.8 Å². The van der Waals surface area contributed by atoms with Gasteiger partial charge in [0.25, 0.3) is 5.91 Å². The number of rotatable bonds is 12. The Morgan fingerprint density at radius 2 is 1.64 bits per heavy atom. The van der Waals surface area contributed by atoms with Crippen molar-refractivity contribution in [3.05, 3.63) is 92.0 Å². The van der Waals surface area contributed by atoms with Crippen molar-refractivity contribution < 1.29 is 24.2 Å². The summed E-state index contributed by atoms with van der Waals surface area (Å²) in [5.41, 5.74) is 1.40. The summed E-state index contributed by atoms with van der Waals surface area (Å²) in [4.78, 5) is 49.3. The maximum Gasteiger partial charge on any atom is 0.251 e. The number of aliphatic hydroxyl groups is 1. The summed E-state index contributed by atoms with van der Waals surface area (Å²) in [5, 5.41) is 12.4. The fraction of sp³-hybridized carbons (Fsp3) is 0.395. The summed E-state index contributed by atoms with van der Waals surface area (Å²) in [6, 6.07) is 19.8. The fourth-order valence-corrected chi connectivity index (χ4v) is 10.4. The van der Waals surface area contributed by atoms with E-state index in [1.807, 2.05) is 73.7 Å². The number of aliphatic hydroxyl groups excluding tert-OH is 1. The Bertz CT molecular complexity index is 1710. The summed E-state index contributed by atoms with van der Waals surface area (Å²) in [7, 11) is 0. The molecule has 0 saturated carbocycles. The molecule has 246 valence electrons. The van der Waals surface area contributed by atoms with Crippen molar-refractivity contribution in [2.24, 2.45) is 11.8 Å². The van der Waals surface area contributed by atoms with E-state index >= 15 is 0 Å². The lowest BCUT2D eigenvalue weighted by atomic mass is 9.66. The summed E-state index contributed by atoms with van der Waals surface area (Å²) in [6.45, 7) is 14.3. The summed E-state index contributed by atoms with van der Waals surface area (Å²) in [5.74, 6) is -1.32. The van der Waals surface area contributed by atoms with Crippen LogP contribution in [-0.4, -0.2) is 75.6 Å². The third-order valence-electron chi connectivity index (χ3n) is 10.1. The van der Waals surface area contributed by atoms with Gasteiger partial charge in [-0.25, -0.2) is 0 Å². The molecular weight excluding hydrogens is 611 g/mol. The monoisotopic (exact) mass is 653 g/mol. The molecule has 2 unspecified atom stereocenters. The Morgan fingerprint density at radius 3 is 2.28 bits per heavy atom. The average molecular weight is 654 g/mol. The topological polar surface area (TPSA) is 90.4 Å². The molecule has 9 heteroatoms. The van der Waals surface area contributed by atoms with Gasteiger partial charge in [0.2, 0.25) is 11.8 Å². The lowest BCUT2D eigenvalue weighted by Gasteiger charge is -2.39. The van der Waals surface area contributed by atoms with Gasteiger partial charge in [-0.05, 0) is 80.8 Å². The number of hydrogen-bond acceptors (Lipinski definition) is 6. The van der Waals surface area contributed by atoms with Crippen molar-refractivity contribution in [2.45, 2.75) is 55.2 Å². The maximum absolute atomic E-state index is 15.0. The molecule has 47 heavy (non-hydrogen) atoms. The van der Waals surface area contributed by atoms with E-state index in [4.69, 9.17) is 4.74 Å². The first-order valence-electron chi connectivity index (χ1n) is 16.3. The molecule has 2 bridgehead atoms. The van der Waals surface area contributed by atoms with Crippen LogP contribution in [0.5, 0.6) is 5.75 Å². The Balaban J connectivity index is 1.42. The summed E-state index contributed by atoms with van der Waals surface area (Å²) >= 11 is 1.62. The number of carbonyl (C=O) groups excluding carboxylic acids is 3. The zero-order valence-corrected chi connectivity index (χ0v) is 28.1. The van der Waals surface area contributed by atoms with Crippen molar-refractivity contribution in [3.8, 4) is 5.75 Å². The van der Waals surface area contributed by atoms with Gasteiger partial charge < -0.3 is 24.5 Å². The van der Waals surface area contributed by atoms with Crippen LogP contribution in [0.4, 0.5) is 11.4 Å². The molecule has 3 saturated heterocycles. The predicted molar refractivity (Wildman–Crippen MR) is 189 cm³/mol. The number of anilines is 2. The van der Waals surface area contributed by atoms with E-state index in [2.05, 4.69) is 20.1 Å². The van der Waals surface area contributed by atoms with Crippen LogP contribution in [0.2, 0.25) is 0 Å². The number of likely N-dealkylation sites (tertiary alicyclic amines) is 1. The molecule has 3 amide bonds. The SMILES string of the molecule is C=CCN(C(=O)C1N([C@H](C)CO)C(=O)[C@@H]2[C@@H](C(=O)N(CC=C)c3ccc(OCC)cc3)[C@@]3(C)CCC12S3)c1ccc2ccccc2c1. The number of amides is 3. The van der Waals surface area contributed by atoms with Gasteiger partial charge in [-0.3, -0.25) is 14.4 Å². The van der Waals surface area contributed by atoms with Gasteiger partial charge in [0, 0.05) is 29.2 Å². The van der Waals surface area contributed by atoms with Crippen molar-refractivity contribution in [3.63, 3.8) is 0 Å². The van der Waals surface area contributed by atoms with Gasteiger partial charge in [0.15, 0.2) is 0 Å². The smallest absolute Gasteiger partial charge is 0.251 e. The predicted octanol–water partition coefficient (Wildman–Crippen LogP) is 5.84. The average Bonchev–Trinajstić information content (AvgIpc) is 3.66. The first-order chi connectivity index (χ1) is 22.6. The third-order valence-corrected chi connectivity index (χ3v) is 12.1. The van der Waals surface area contributed by atoms with Crippen LogP contribution in [0.3, 0.4) is 0 Å². The zero-order valence-electron chi connectivity index (χ0n) is 27.3. The van der Waals surface area contributed by atoms with Crippen LogP contribution in [0.1, 0.15) is 33.6 Å². The Morgan fingerprint density at radius 1 is 1.00 bits per heavy atom. The quantitative estimate of drug-likeness (QED) is 0.247. The molecule has 0 radical (unpaired) electrons. The molecule has 3 heterocycles. The number of carbonyl (C=O) groups is 3. The van der Waals surface area contributed by atoms with Crippen LogP contribution < -0.4 is 14.5 Å². The van der Waals surface area contributed by atoms with Crippen molar-refractivity contribution in [1.29, 1.82) is 0 Å². The summed E-state index contributed by atoms with van der Waals surface area (Å²) < 4.78 is 4.23. The molecule has 0 aromatic heterocycles. The van der Waals surface area contributed by atoms with E-state index in [9.17, 15) is 19.5 Å².